The molecule has 0 bridgehead atoms. The van der Waals surface area contributed by atoms with E-state index in [-0.39, 0.29) is 5.92 Å². The number of halogens is 2. The first-order valence-corrected chi connectivity index (χ1v) is 6.55. The van der Waals surface area contributed by atoms with Crippen LogP contribution in [0.2, 0.25) is 5.02 Å². The molecule has 0 heterocycles. The summed E-state index contributed by atoms with van der Waals surface area (Å²) >= 11 is 9.38. The van der Waals surface area contributed by atoms with Crippen molar-refractivity contribution >= 4 is 27.5 Å². The quantitative estimate of drug-likeness (QED) is 0.898. The maximum atomic E-state index is 9.85. The molecule has 2 atom stereocenters. The molecule has 16 heavy (non-hydrogen) atoms. The monoisotopic (exact) mass is 304 g/mol. The first kappa shape index (κ1) is 12.4. The van der Waals surface area contributed by atoms with Gasteiger partial charge in [0.2, 0.25) is 0 Å². The Morgan fingerprint density at radius 2 is 2.06 bits per heavy atom. The summed E-state index contributed by atoms with van der Waals surface area (Å²) in [6.45, 7) is 0. The summed E-state index contributed by atoms with van der Waals surface area (Å²) in [4.78, 5) is 0. The number of aliphatic hydroxyl groups excluding tert-OH is 2. The summed E-state index contributed by atoms with van der Waals surface area (Å²) in [6, 6.07) is 5.56. The zero-order valence-electron chi connectivity index (χ0n) is 8.74. The van der Waals surface area contributed by atoms with E-state index in [4.69, 9.17) is 11.6 Å². The molecule has 1 aromatic carbocycles. The number of benzene rings is 1. The minimum atomic E-state index is -0.717. The van der Waals surface area contributed by atoms with Crippen LogP contribution in [0.1, 0.15) is 18.4 Å². The van der Waals surface area contributed by atoms with E-state index in [9.17, 15) is 10.2 Å². The van der Waals surface area contributed by atoms with Crippen molar-refractivity contribution in [3.05, 3.63) is 33.3 Å². The van der Waals surface area contributed by atoms with Gasteiger partial charge in [0.15, 0.2) is 0 Å². The van der Waals surface area contributed by atoms with Crippen LogP contribution in [0.3, 0.4) is 0 Å². The van der Waals surface area contributed by atoms with Gasteiger partial charge in [0.05, 0.1) is 12.2 Å². The van der Waals surface area contributed by atoms with Gasteiger partial charge in [-0.25, -0.2) is 0 Å². The van der Waals surface area contributed by atoms with Crippen molar-refractivity contribution in [2.24, 2.45) is 5.92 Å². The lowest BCUT2D eigenvalue weighted by atomic mass is 10.0. The first-order valence-electron chi connectivity index (χ1n) is 5.38. The minimum Gasteiger partial charge on any atom is -0.390 e. The maximum Gasteiger partial charge on any atom is 0.0842 e. The van der Waals surface area contributed by atoms with Gasteiger partial charge >= 0.3 is 0 Å². The summed E-state index contributed by atoms with van der Waals surface area (Å²) in [5.41, 5.74) is 0.872. The Kier molecular flexibility index (Phi) is 3.90. The van der Waals surface area contributed by atoms with Crippen molar-refractivity contribution in [1.29, 1.82) is 0 Å². The molecule has 0 aliphatic heterocycles. The van der Waals surface area contributed by atoms with Crippen LogP contribution in [0.4, 0.5) is 0 Å². The molecule has 1 fully saturated rings. The Balaban J connectivity index is 2.02. The van der Waals surface area contributed by atoms with E-state index in [1.807, 2.05) is 12.1 Å². The largest absolute Gasteiger partial charge is 0.390 e. The van der Waals surface area contributed by atoms with Gasteiger partial charge in [0.1, 0.15) is 0 Å². The molecule has 0 saturated heterocycles. The first-order chi connectivity index (χ1) is 7.58. The molecule has 0 aromatic heterocycles. The van der Waals surface area contributed by atoms with Crippen molar-refractivity contribution in [2.75, 3.05) is 0 Å². The normalized spacial score (nSPS) is 19.5. The van der Waals surface area contributed by atoms with Gasteiger partial charge in [-0.15, -0.1) is 0 Å². The van der Waals surface area contributed by atoms with Gasteiger partial charge in [-0.05, 0) is 36.5 Å². The second-order valence-corrected chi connectivity index (χ2v) is 5.66. The predicted octanol–water partition coefficient (Wildman–Crippen LogP) is 2.78. The van der Waals surface area contributed by atoms with Crippen LogP contribution in [0.15, 0.2) is 22.7 Å². The lowest BCUT2D eigenvalue weighted by Gasteiger charge is -2.17. The fourth-order valence-corrected chi connectivity index (χ4v) is 2.54. The predicted molar refractivity (Wildman–Crippen MR) is 67.6 cm³/mol. The third kappa shape index (κ3) is 2.98. The Bertz CT molecular complexity index is 379. The van der Waals surface area contributed by atoms with E-state index in [2.05, 4.69) is 15.9 Å². The summed E-state index contributed by atoms with van der Waals surface area (Å²) in [5.74, 6) is 0.282. The van der Waals surface area contributed by atoms with Crippen LogP contribution in [0.5, 0.6) is 0 Å². The van der Waals surface area contributed by atoms with Gasteiger partial charge in [-0.1, -0.05) is 33.6 Å². The van der Waals surface area contributed by atoms with Crippen molar-refractivity contribution in [3.63, 3.8) is 0 Å². The SMILES string of the molecule is OC(Cc1ccc(Br)cc1Cl)C(O)C1CC1. The molecule has 1 aromatic rings. The Morgan fingerprint density at radius 3 is 2.62 bits per heavy atom. The van der Waals surface area contributed by atoms with E-state index < -0.39 is 12.2 Å². The van der Waals surface area contributed by atoms with Crippen molar-refractivity contribution in [3.8, 4) is 0 Å². The number of rotatable bonds is 4. The smallest absolute Gasteiger partial charge is 0.0842 e. The van der Waals surface area contributed by atoms with Gasteiger partial charge in [-0.3, -0.25) is 0 Å². The third-order valence-electron chi connectivity index (χ3n) is 2.94. The van der Waals surface area contributed by atoms with Crippen LogP contribution in [0.25, 0.3) is 0 Å². The molecule has 0 spiro atoms. The lowest BCUT2D eigenvalue weighted by Crippen LogP contribution is -2.29. The molecule has 0 amide bonds. The standard InChI is InChI=1S/C12H14BrClO2/c13-9-4-3-8(10(14)6-9)5-11(15)12(16)7-1-2-7/h3-4,6-7,11-12,15-16H,1-2,5H2. The van der Waals surface area contributed by atoms with Gasteiger partial charge in [-0.2, -0.15) is 0 Å². The zero-order valence-corrected chi connectivity index (χ0v) is 11.1. The minimum absolute atomic E-state index is 0.282. The summed E-state index contributed by atoms with van der Waals surface area (Å²) < 4.78 is 0.915. The molecular formula is C12H14BrClO2. The van der Waals surface area contributed by atoms with Gasteiger partial charge in [0.25, 0.3) is 0 Å². The van der Waals surface area contributed by atoms with E-state index in [0.29, 0.717) is 11.4 Å². The molecule has 2 unspecified atom stereocenters. The van der Waals surface area contributed by atoms with Crippen molar-refractivity contribution in [2.45, 2.75) is 31.5 Å². The number of aliphatic hydroxyl groups is 2. The summed E-state index contributed by atoms with van der Waals surface area (Å²) in [5, 5.41) is 20.2. The Hall–Kier alpha value is -0.0900. The van der Waals surface area contributed by atoms with E-state index in [1.165, 1.54) is 0 Å². The molecule has 1 saturated carbocycles. The van der Waals surface area contributed by atoms with Gasteiger partial charge in [0, 0.05) is 15.9 Å². The second-order valence-electron chi connectivity index (χ2n) is 4.34. The zero-order chi connectivity index (χ0) is 11.7. The van der Waals surface area contributed by atoms with Crippen LogP contribution >= 0.6 is 27.5 Å². The lowest BCUT2D eigenvalue weighted by molar-refractivity contribution is 0.00674. The summed E-state index contributed by atoms with van der Waals surface area (Å²) in [6.07, 6.45) is 1.12. The third-order valence-corrected chi connectivity index (χ3v) is 3.79. The highest BCUT2D eigenvalue weighted by atomic mass is 79.9. The van der Waals surface area contributed by atoms with Crippen LogP contribution < -0.4 is 0 Å². The highest BCUT2D eigenvalue weighted by Crippen LogP contribution is 2.35. The highest BCUT2D eigenvalue weighted by Gasteiger charge is 2.34. The molecule has 88 valence electrons. The maximum absolute atomic E-state index is 9.85. The second kappa shape index (κ2) is 5.05. The van der Waals surface area contributed by atoms with E-state index >= 15 is 0 Å². The average molecular weight is 306 g/mol. The van der Waals surface area contributed by atoms with Gasteiger partial charge < -0.3 is 10.2 Å². The molecule has 4 heteroatoms. The summed E-state index contributed by atoms with van der Waals surface area (Å²) in [7, 11) is 0. The van der Waals surface area contributed by atoms with Crippen molar-refractivity contribution < 1.29 is 10.2 Å². The number of hydrogen-bond donors (Lipinski definition) is 2. The topological polar surface area (TPSA) is 40.5 Å². The Labute approximate surface area is 108 Å². The van der Waals surface area contributed by atoms with E-state index in [0.717, 1.165) is 22.9 Å². The molecule has 2 nitrogen and oxygen atoms in total. The molecule has 1 aliphatic rings. The molecular weight excluding hydrogens is 291 g/mol. The molecule has 2 N–H and O–H groups in total. The molecule has 1 aliphatic carbocycles. The Morgan fingerprint density at radius 1 is 1.38 bits per heavy atom. The van der Waals surface area contributed by atoms with Crippen LogP contribution in [-0.4, -0.2) is 22.4 Å². The number of hydrogen-bond acceptors (Lipinski definition) is 2. The fourth-order valence-electron chi connectivity index (χ4n) is 1.79. The van der Waals surface area contributed by atoms with Crippen LogP contribution in [0, 0.1) is 5.92 Å². The highest BCUT2D eigenvalue weighted by molar-refractivity contribution is 9.10. The molecule has 2 rings (SSSR count). The molecule has 0 radical (unpaired) electrons. The average Bonchev–Trinajstić information content (AvgIpc) is 3.04. The van der Waals surface area contributed by atoms with Crippen molar-refractivity contribution in [1.82, 2.24) is 0 Å². The fraction of sp³-hybridized carbons (Fsp3) is 0.500. The van der Waals surface area contributed by atoms with Crippen LogP contribution in [-0.2, 0) is 6.42 Å². The van der Waals surface area contributed by atoms with E-state index in [1.54, 1.807) is 6.07 Å².